The van der Waals surface area contributed by atoms with Gasteiger partial charge in [-0.1, -0.05) is 6.07 Å². The zero-order valence-corrected chi connectivity index (χ0v) is 13.0. The Bertz CT molecular complexity index is 736. The number of carbonyl (C=O) groups excluding carboxylic acids is 1. The van der Waals surface area contributed by atoms with Crippen molar-refractivity contribution >= 4 is 16.3 Å². The Morgan fingerprint density at radius 2 is 2.05 bits per heavy atom. The zero-order chi connectivity index (χ0) is 16.0. The molecule has 1 aromatic heterocycles. The standard InChI is InChI=1S/C15H17NO5S/c1-20-8-3-9-21-14-4-2-5-15(10-14)22(18,19)16-7-6-13(11-16)12-17/h2,4-7,10-12H,3,8-9H2,1H3. The molecule has 7 heteroatoms. The van der Waals surface area contributed by atoms with Crippen molar-refractivity contribution in [2.75, 3.05) is 20.3 Å². The lowest BCUT2D eigenvalue weighted by molar-refractivity contribution is 0.112. The molecule has 0 aliphatic carbocycles. The summed E-state index contributed by atoms with van der Waals surface area (Å²) in [6.45, 7) is 1.02. The van der Waals surface area contributed by atoms with Gasteiger partial charge in [0.1, 0.15) is 5.75 Å². The first kappa shape index (κ1) is 16.3. The van der Waals surface area contributed by atoms with Gasteiger partial charge in [0.2, 0.25) is 0 Å². The van der Waals surface area contributed by atoms with Gasteiger partial charge in [-0.05, 0) is 18.2 Å². The van der Waals surface area contributed by atoms with Crippen molar-refractivity contribution in [2.24, 2.45) is 0 Å². The molecule has 6 nitrogen and oxygen atoms in total. The molecule has 0 saturated heterocycles. The van der Waals surface area contributed by atoms with E-state index in [4.69, 9.17) is 9.47 Å². The molecule has 0 amide bonds. The summed E-state index contributed by atoms with van der Waals surface area (Å²) in [5.74, 6) is 0.472. The minimum Gasteiger partial charge on any atom is -0.493 e. The van der Waals surface area contributed by atoms with Gasteiger partial charge in [-0.25, -0.2) is 12.4 Å². The van der Waals surface area contributed by atoms with Crippen LogP contribution in [0.3, 0.4) is 0 Å². The summed E-state index contributed by atoms with van der Waals surface area (Å²) in [7, 11) is -2.12. The van der Waals surface area contributed by atoms with Crippen LogP contribution >= 0.6 is 0 Å². The Balaban J connectivity index is 2.18. The number of aldehydes is 1. The Hall–Kier alpha value is -2.12. The largest absolute Gasteiger partial charge is 0.493 e. The van der Waals surface area contributed by atoms with Gasteiger partial charge >= 0.3 is 0 Å². The summed E-state index contributed by atoms with van der Waals surface area (Å²) < 4.78 is 36.4. The average Bonchev–Trinajstić information content (AvgIpc) is 3.02. The first-order valence-corrected chi connectivity index (χ1v) is 8.12. The molecule has 22 heavy (non-hydrogen) atoms. The number of rotatable bonds is 8. The molecule has 0 aliphatic rings. The Morgan fingerprint density at radius 1 is 1.23 bits per heavy atom. The molecule has 0 aliphatic heterocycles. The van der Waals surface area contributed by atoms with Crippen LogP contribution in [0.25, 0.3) is 0 Å². The first-order valence-electron chi connectivity index (χ1n) is 6.68. The van der Waals surface area contributed by atoms with Crippen molar-refractivity contribution in [2.45, 2.75) is 11.3 Å². The van der Waals surface area contributed by atoms with E-state index in [-0.39, 0.29) is 4.90 Å². The number of aromatic nitrogens is 1. The molecule has 0 spiro atoms. The maximum atomic E-state index is 12.5. The number of hydrogen-bond acceptors (Lipinski definition) is 5. The van der Waals surface area contributed by atoms with Crippen LogP contribution in [-0.4, -0.2) is 39.0 Å². The third kappa shape index (κ3) is 3.75. The zero-order valence-electron chi connectivity index (χ0n) is 12.1. The van der Waals surface area contributed by atoms with E-state index in [2.05, 4.69) is 0 Å². The van der Waals surface area contributed by atoms with Gasteiger partial charge < -0.3 is 9.47 Å². The van der Waals surface area contributed by atoms with Gasteiger partial charge in [0.05, 0.1) is 11.5 Å². The van der Waals surface area contributed by atoms with Gasteiger partial charge in [0.15, 0.2) is 6.29 Å². The normalized spacial score (nSPS) is 11.3. The maximum absolute atomic E-state index is 12.5. The summed E-state index contributed by atoms with van der Waals surface area (Å²) in [6, 6.07) is 7.69. The SMILES string of the molecule is COCCCOc1cccc(S(=O)(=O)n2ccc(C=O)c2)c1. The number of nitrogens with zero attached hydrogens (tertiary/aromatic N) is 1. The Labute approximate surface area is 129 Å². The van der Waals surface area contributed by atoms with E-state index >= 15 is 0 Å². The molecule has 1 aromatic carbocycles. The lowest BCUT2D eigenvalue weighted by Crippen LogP contribution is -2.11. The molecule has 0 N–H and O–H groups in total. The Morgan fingerprint density at radius 3 is 2.73 bits per heavy atom. The van der Waals surface area contributed by atoms with E-state index in [0.717, 1.165) is 3.97 Å². The van der Waals surface area contributed by atoms with Gasteiger partial charge in [-0.2, -0.15) is 0 Å². The molecular weight excluding hydrogens is 306 g/mol. The third-order valence-electron chi connectivity index (χ3n) is 2.97. The molecule has 118 valence electrons. The molecule has 0 radical (unpaired) electrons. The average molecular weight is 323 g/mol. The van der Waals surface area contributed by atoms with Crippen LogP contribution in [0.1, 0.15) is 16.8 Å². The second kappa shape index (κ2) is 7.24. The molecule has 1 heterocycles. The van der Waals surface area contributed by atoms with Crippen molar-refractivity contribution in [1.29, 1.82) is 0 Å². The third-order valence-corrected chi connectivity index (χ3v) is 4.60. The van der Waals surface area contributed by atoms with E-state index in [0.29, 0.717) is 37.2 Å². The molecule has 0 unspecified atom stereocenters. The fraction of sp³-hybridized carbons (Fsp3) is 0.267. The summed E-state index contributed by atoms with van der Waals surface area (Å²) in [6.07, 6.45) is 3.93. The molecule has 0 fully saturated rings. The lowest BCUT2D eigenvalue weighted by Gasteiger charge is -2.09. The van der Waals surface area contributed by atoms with Gasteiger partial charge in [-0.15, -0.1) is 0 Å². The monoisotopic (exact) mass is 323 g/mol. The summed E-state index contributed by atoms with van der Waals surface area (Å²) in [4.78, 5) is 10.8. The smallest absolute Gasteiger partial charge is 0.267 e. The highest BCUT2D eigenvalue weighted by atomic mass is 32.2. The van der Waals surface area contributed by atoms with E-state index in [1.807, 2.05) is 0 Å². The number of hydrogen-bond donors (Lipinski definition) is 0. The van der Waals surface area contributed by atoms with E-state index in [9.17, 15) is 13.2 Å². The van der Waals surface area contributed by atoms with Crippen molar-refractivity contribution in [3.63, 3.8) is 0 Å². The van der Waals surface area contributed by atoms with Crippen LogP contribution < -0.4 is 4.74 Å². The minimum absolute atomic E-state index is 0.102. The van der Waals surface area contributed by atoms with Crippen LogP contribution in [0.15, 0.2) is 47.6 Å². The van der Waals surface area contributed by atoms with E-state index < -0.39 is 10.0 Å². The molecular formula is C15H17NO5S. The van der Waals surface area contributed by atoms with Crippen molar-refractivity contribution in [3.8, 4) is 5.75 Å². The number of carbonyl (C=O) groups is 1. The van der Waals surface area contributed by atoms with Gasteiger partial charge in [-0.3, -0.25) is 4.79 Å². The fourth-order valence-electron chi connectivity index (χ4n) is 1.85. The quantitative estimate of drug-likeness (QED) is 0.548. The van der Waals surface area contributed by atoms with Crippen molar-refractivity contribution in [1.82, 2.24) is 3.97 Å². The van der Waals surface area contributed by atoms with Crippen molar-refractivity contribution in [3.05, 3.63) is 48.3 Å². The predicted molar refractivity (Wildman–Crippen MR) is 80.8 cm³/mol. The van der Waals surface area contributed by atoms with Gasteiger partial charge in [0, 0.05) is 44.2 Å². The van der Waals surface area contributed by atoms with Crippen LogP contribution in [-0.2, 0) is 14.8 Å². The van der Waals surface area contributed by atoms with Crippen LogP contribution in [0.2, 0.25) is 0 Å². The second-order valence-corrected chi connectivity index (χ2v) is 6.41. The van der Waals surface area contributed by atoms with Crippen LogP contribution in [0.4, 0.5) is 0 Å². The topological polar surface area (TPSA) is 74.6 Å². The van der Waals surface area contributed by atoms with E-state index in [1.54, 1.807) is 19.2 Å². The number of methoxy groups -OCH3 is 1. The van der Waals surface area contributed by atoms with Crippen LogP contribution in [0, 0.1) is 0 Å². The molecule has 0 atom stereocenters. The second-order valence-electron chi connectivity index (χ2n) is 4.57. The fourth-order valence-corrected chi connectivity index (χ4v) is 3.09. The predicted octanol–water partition coefficient (Wildman–Crippen LogP) is 1.95. The molecule has 2 rings (SSSR count). The van der Waals surface area contributed by atoms with Crippen LogP contribution in [0.5, 0.6) is 5.75 Å². The summed E-state index contributed by atoms with van der Waals surface area (Å²) in [5, 5.41) is 0. The van der Waals surface area contributed by atoms with Gasteiger partial charge in [0.25, 0.3) is 10.0 Å². The maximum Gasteiger partial charge on any atom is 0.267 e. The Kier molecular flexibility index (Phi) is 5.35. The summed E-state index contributed by atoms with van der Waals surface area (Å²) >= 11 is 0. The molecule has 0 saturated carbocycles. The molecule has 0 bridgehead atoms. The minimum atomic E-state index is -3.73. The van der Waals surface area contributed by atoms with E-state index in [1.165, 1.54) is 30.6 Å². The highest BCUT2D eigenvalue weighted by molar-refractivity contribution is 7.90. The summed E-state index contributed by atoms with van der Waals surface area (Å²) in [5.41, 5.74) is 0.301. The number of ether oxygens (including phenoxy) is 2. The molecule has 2 aromatic rings. The highest BCUT2D eigenvalue weighted by Crippen LogP contribution is 2.20. The van der Waals surface area contributed by atoms with Crippen molar-refractivity contribution < 1.29 is 22.7 Å². The number of benzene rings is 1. The highest BCUT2D eigenvalue weighted by Gasteiger charge is 2.17. The first-order chi connectivity index (χ1) is 10.6. The lowest BCUT2D eigenvalue weighted by atomic mass is 10.3.